The molecule has 6 heteroatoms. The Morgan fingerprint density at radius 1 is 1.10 bits per heavy atom. The monoisotopic (exact) mass is 300 g/mol. The molecule has 0 spiro atoms. The number of alkyl halides is 3. The Balaban J connectivity index is 2.47. The van der Waals surface area contributed by atoms with Crippen LogP contribution < -0.4 is 4.74 Å². The van der Waals surface area contributed by atoms with Crippen molar-refractivity contribution < 1.29 is 22.7 Å². The fourth-order valence-corrected chi connectivity index (χ4v) is 1.93. The number of aldehydes is 1. The first kappa shape index (κ1) is 14.4. The van der Waals surface area contributed by atoms with E-state index in [0.717, 1.165) is 0 Å². The third-order valence-corrected chi connectivity index (χ3v) is 2.88. The number of ether oxygens (including phenoxy) is 1. The van der Waals surface area contributed by atoms with Gasteiger partial charge in [-0.1, -0.05) is 35.9 Å². The van der Waals surface area contributed by atoms with E-state index in [0.29, 0.717) is 11.8 Å². The topological polar surface area (TPSA) is 26.3 Å². The largest absolute Gasteiger partial charge is 0.573 e. The summed E-state index contributed by atoms with van der Waals surface area (Å²) in [5.74, 6) is -0.324. The summed E-state index contributed by atoms with van der Waals surface area (Å²) in [7, 11) is 0. The maximum absolute atomic E-state index is 12.3. The number of rotatable bonds is 3. The normalized spacial score (nSPS) is 11.2. The van der Waals surface area contributed by atoms with E-state index in [9.17, 15) is 18.0 Å². The molecular weight excluding hydrogens is 293 g/mol. The summed E-state index contributed by atoms with van der Waals surface area (Å²) in [6.45, 7) is 0. The maximum atomic E-state index is 12.3. The first-order chi connectivity index (χ1) is 9.40. The van der Waals surface area contributed by atoms with Crippen LogP contribution in [0.5, 0.6) is 5.75 Å². The van der Waals surface area contributed by atoms with E-state index in [1.54, 1.807) is 6.07 Å². The molecule has 0 bridgehead atoms. The predicted molar refractivity (Wildman–Crippen MR) is 69.0 cm³/mol. The predicted octanol–water partition coefficient (Wildman–Crippen LogP) is 4.72. The lowest BCUT2D eigenvalue weighted by molar-refractivity contribution is -0.274. The highest BCUT2D eigenvalue weighted by Crippen LogP contribution is 2.35. The molecule has 0 fully saturated rings. The molecule has 2 aromatic rings. The number of hydrogen-bond acceptors (Lipinski definition) is 2. The molecule has 0 saturated carbocycles. The quantitative estimate of drug-likeness (QED) is 0.767. The zero-order valence-corrected chi connectivity index (χ0v) is 10.7. The summed E-state index contributed by atoms with van der Waals surface area (Å²) in [4.78, 5) is 10.7. The molecular formula is C14H8ClF3O2. The lowest BCUT2D eigenvalue weighted by atomic mass is 10.0. The average molecular weight is 301 g/mol. The fraction of sp³-hybridized carbons (Fsp3) is 0.0714. The molecule has 0 unspecified atom stereocenters. The van der Waals surface area contributed by atoms with Crippen LogP contribution in [0, 0.1) is 0 Å². The van der Waals surface area contributed by atoms with Crippen LogP contribution in [0.3, 0.4) is 0 Å². The van der Waals surface area contributed by atoms with Gasteiger partial charge < -0.3 is 4.74 Å². The van der Waals surface area contributed by atoms with Gasteiger partial charge in [-0.15, -0.1) is 13.2 Å². The minimum absolute atomic E-state index is 0.166. The molecule has 2 nitrogen and oxygen atoms in total. The molecule has 104 valence electrons. The summed E-state index contributed by atoms with van der Waals surface area (Å²) in [6, 6.07) is 10.1. The Bertz CT molecular complexity index is 639. The Labute approximate surface area is 117 Å². The van der Waals surface area contributed by atoms with Gasteiger partial charge in [-0.05, 0) is 23.8 Å². The van der Waals surface area contributed by atoms with Crippen LogP contribution in [-0.2, 0) is 0 Å². The van der Waals surface area contributed by atoms with Crippen molar-refractivity contribution in [2.24, 2.45) is 0 Å². The zero-order valence-electron chi connectivity index (χ0n) is 9.95. The lowest BCUT2D eigenvalue weighted by Gasteiger charge is -2.13. The molecule has 2 aromatic carbocycles. The second-order valence-electron chi connectivity index (χ2n) is 3.90. The van der Waals surface area contributed by atoms with E-state index in [2.05, 4.69) is 4.74 Å². The molecule has 0 heterocycles. The highest BCUT2D eigenvalue weighted by Gasteiger charge is 2.32. The van der Waals surface area contributed by atoms with Crippen molar-refractivity contribution in [2.45, 2.75) is 6.36 Å². The van der Waals surface area contributed by atoms with Crippen molar-refractivity contribution in [2.75, 3.05) is 0 Å². The maximum Gasteiger partial charge on any atom is 0.573 e. The van der Waals surface area contributed by atoms with Gasteiger partial charge in [-0.3, -0.25) is 4.79 Å². The number of para-hydroxylation sites is 1. The number of benzene rings is 2. The zero-order chi connectivity index (χ0) is 14.8. The van der Waals surface area contributed by atoms with E-state index in [4.69, 9.17) is 11.6 Å². The number of hydrogen-bond donors (Lipinski definition) is 0. The molecule has 20 heavy (non-hydrogen) atoms. The highest BCUT2D eigenvalue weighted by atomic mass is 35.5. The second-order valence-corrected chi connectivity index (χ2v) is 4.31. The van der Waals surface area contributed by atoms with Gasteiger partial charge in [0.05, 0.1) is 5.02 Å². The van der Waals surface area contributed by atoms with E-state index in [-0.39, 0.29) is 21.9 Å². The molecule has 0 radical (unpaired) electrons. The minimum atomic E-state index is -4.78. The van der Waals surface area contributed by atoms with Gasteiger partial charge in [0, 0.05) is 11.1 Å². The Morgan fingerprint density at radius 2 is 1.80 bits per heavy atom. The van der Waals surface area contributed by atoms with Crippen molar-refractivity contribution in [3.63, 3.8) is 0 Å². The first-order valence-electron chi connectivity index (χ1n) is 5.50. The van der Waals surface area contributed by atoms with Crippen LogP contribution in [0.1, 0.15) is 10.4 Å². The minimum Gasteiger partial charge on any atom is -0.405 e. The van der Waals surface area contributed by atoms with Crippen LogP contribution in [0.2, 0.25) is 5.02 Å². The molecule has 0 aliphatic carbocycles. The summed E-state index contributed by atoms with van der Waals surface area (Å²) in [5, 5.41) is 0.166. The number of carbonyl (C=O) groups is 1. The smallest absolute Gasteiger partial charge is 0.405 e. The third-order valence-electron chi connectivity index (χ3n) is 2.55. The van der Waals surface area contributed by atoms with Gasteiger partial charge in [-0.2, -0.15) is 0 Å². The van der Waals surface area contributed by atoms with Crippen LogP contribution in [0.25, 0.3) is 11.1 Å². The summed E-state index contributed by atoms with van der Waals surface area (Å²) in [6.07, 6.45) is -4.20. The van der Waals surface area contributed by atoms with Gasteiger partial charge in [0.2, 0.25) is 0 Å². The summed E-state index contributed by atoms with van der Waals surface area (Å²) in [5.41, 5.74) is 0.939. The van der Waals surface area contributed by atoms with Crippen LogP contribution in [0.4, 0.5) is 13.2 Å². The molecule has 0 N–H and O–H groups in total. The Hall–Kier alpha value is -2.01. The molecule has 0 aliphatic heterocycles. The Kier molecular flexibility index (Phi) is 3.99. The van der Waals surface area contributed by atoms with Crippen LogP contribution >= 0.6 is 11.6 Å². The first-order valence-corrected chi connectivity index (χ1v) is 5.88. The number of carbonyl (C=O) groups excluding carboxylic acids is 1. The van der Waals surface area contributed by atoms with E-state index < -0.39 is 6.36 Å². The second kappa shape index (κ2) is 5.54. The Morgan fingerprint density at radius 3 is 2.40 bits per heavy atom. The van der Waals surface area contributed by atoms with Gasteiger partial charge in [0.1, 0.15) is 5.75 Å². The van der Waals surface area contributed by atoms with Crippen molar-refractivity contribution >= 4 is 17.9 Å². The van der Waals surface area contributed by atoms with E-state index >= 15 is 0 Å². The molecule has 0 aliphatic rings. The SMILES string of the molecule is O=Cc1ccc(-c2ccccc2OC(F)(F)F)cc1Cl. The summed E-state index contributed by atoms with van der Waals surface area (Å²) < 4.78 is 41.0. The number of halogens is 4. The molecule has 0 amide bonds. The van der Waals surface area contributed by atoms with E-state index in [1.807, 2.05) is 0 Å². The standard InChI is InChI=1S/C14H8ClF3O2/c15-12-7-9(5-6-10(12)8-19)11-3-1-2-4-13(11)20-14(16,17)18/h1-8H. The van der Waals surface area contributed by atoms with Crippen molar-refractivity contribution in [1.82, 2.24) is 0 Å². The van der Waals surface area contributed by atoms with E-state index in [1.165, 1.54) is 36.4 Å². The highest BCUT2D eigenvalue weighted by molar-refractivity contribution is 6.33. The lowest BCUT2D eigenvalue weighted by Crippen LogP contribution is -2.17. The molecule has 2 rings (SSSR count). The van der Waals surface area contributed by atoms with Gasteiger partial charge >= 0.3 is 6.36 Å². The molecule has 0 saturated heterocycles. The average Bonchev–Trinajstić information content (AvgIpc) is 2.37. The van der Waals surface area contributed by atoms with Crippen molar-refractivity contribution in [3.8, 4) is 16.9 Å². The summed E-state index contributed by atoms with van der Waals surface area (Å²) >= 11 is 5.87. The molecule has 0 atom stereocenters. The van der Waals surface area contributed by atoms with Gasteiger partial charge in [-0.25, -0.2) is 0 Å². The van der Waals surface area contributed by atoms with Gasteiger partial charge in [0.15, 0.2) is 6.29 Å². The fourth-order valence-electron chi connectivity index (χ4n) is 1.71. The van der Waals surface area contributed by atoms with Crippen LogP contribution in [0.15, 0.2) is 42.5 Å². The van der Waals surface area contributed by atoms with Crippen LogP contribution in [-0.4, -0.2) is 12.6 Å². The van der Waals surface area contributed by atoms with Gasteiger partial charge in [0.25, 0.3) is 0 Å². The van der Waals surface area contributed by atoms with Crippen molar-refractivity contribution in [3.05, 3.63) is 53.1 Å². The molecule has 0 aromatic heterocycles. The third kappa shape index (κ3) is 3.30. The van der Waals surface area contributed by atoms with Crippen molar-refractivity contribution in [1.29, 1.82) is 0 Å².